The van der Waals surface area contributed by atoms with Gasteiger partial charge in [-0.1, -0.05) is 36.8 Å². The maximum Gasteiger partial charge on any atom is 0.264 e. The van der Waals surface area contributed by atoms with Crippen molar-refractivity contribution < 1.29 is 33.4 Å². The van der Waals surface area contributed by atoms with Crippen LogP contribution in [0.4, 0.5) is 0 Å². The number of nitrogens with zero attached hydrogens (tertiary/aromatic N) is 1. The summed E-state index contributed by atoms with van der Waals surface area (Å²) in [6.45, 7) is 4.21. The Morgan fingerprint density at radius 1 is 0.826 bits per heavy atom. The molecule has 1 spiro atoms. The molecule has 12 nitrogen and oxygen atoms in total. The molecule has 246 valence electrons. The number of fused-ring (bicyclic) bond motifs is 15. The van der Waals surface area contributed by atoms with Crippen LogP contribution < -0.4 is 30.7 Å². The topological polar surface area (TPSA) is 155 Å². The van der Waals surface area contributed by atoms with E-state index in [2.05, 4.69) is 21.3 Å². The van der Waals surface area contributed by atoms with Crippen LogP contribution in [0.3, 0.4) is 0 Å². The second-order valence-corrected chi connectivity index (χ2v) is 12.3. The molecule has 3 atom stereocenters. The lowest BCUT2D eigenvalue weighted by molar-refractivity contribution is -0.150. The molecule has 12 heteroatoms. The highest BCUT2D eigenvalue weighted by Crippen LogP contribution is 2.34. The maximum atomic E-state index is 14.0. The van der Waals surface area contributed by atoms with E-state index in [9.17, 15) is 24.0 Å². The number of hydrogen-bond acceptors (Lipinski definition) is 7. The number of piperidine rings is 1. The van der Waals surface area contributed by atoms with Crippen LogP contribution in [0.2, 0.25) is 0 Å². The minimum Gasteiger partial charge on any atom is -0.492 e. The molecule has 2 bridgehead atoms. The standard InChI is InChI=1S/C34H43N5O7/c1-22-29(40)35-17-20-45-26-11-13-27(14-12-26)46-34(15-18-39(19-16-34)32(43)25-9-6-10-25)33(44)37-23(2)30(41)38-28(31(42)36-22)21-24-7-4-3-5-8-24/h3-5,7-8,11-14,22-23,25,28H,6,9-10,15-21H2,1-2H3,(H,35,40)(H,36,42)(H,37,44)(H,38,41)/t22-,23-,28-/m0/s1. The van der Waals surface area contributed by atoms with E-state index in [0.717, 1.165) is 24.8 Å². The van der Waals surface area contributed by atoms with Gasteiger partial charge in [-0.05, 0) is 56.5 Å². The summed E-state index contributed by atoms with van der Waals surface area (Å²) in [6, 6.07) is 13.1. The summed E-state index contributed by atoms with van der Waals surface area (Å²) in [5, 5.41) is 11.0. The zero-order valence-electron chi connectivity index (χ0n) is 26.4. The van der Waals surface area contributed by atoms with Gasteiger partial charge in [-0.2, -0.15) is 0 Å². The number of likely N-dealkylation sites (tertiary alicyclic amines) is 1. The van der Waals surface area contributed by atoms with Gasteiger partial charge in [0.1, 0.15) is 36.2 Å². The summed E-state index contributed by atoms with van der Waals surface area (Å²) in [6.07, 6.45) is 3.52. The SMILES string of the molecule is C[C@@H]1NC(=O)[C@H](Cc2ccccc2)NC(=O)[C@H](C)NC(=O)C2(CCN(C(=O)C3CCC3)CC2)Oc2ccc(cc2)OCCNC1=O. The number of rotatable bonds is 3. The minimum atomic E-state index is -1.32. The first-order chi connectivity index (χ1) is 22.1. The molecular formula is C34H43N5O7. The molecule has 3 aliphatic heterocycles. The van der Waals surface area contributed by atoms with Gasteiger partial charge in [-0.3, -0.25) is 24.0 Å². The molecule has 4 aliphatic rings. The number of benzene rings is 2. The predicted octanol–water partition coefficient (Wildman–Crippen LogP) is 1.47. The highest BCUT2D eigenvalue weighted by atomic mass is 16.5. The van der Waals surface area contributed by atoms with E-state index in [1.807, 2.05) is 35.2 Å². The molecule has 0 unspecified atom stereocenters. The normalized spacial score (nSPS) is 24.7. The predicted molar refractivity (Wildman–Crippen MR) is 169 cm³/mol. The van der Waals surface area contributed by atoms with Crippen molar-refractivity contribution in [2.45, 2.75) is 76.1 Å². The summed E-state index contributed by atoms with van der Waals surface area (Å²) in [5.74, 6) is -0.814. The van der Waals surface area contributed by atoms with Crippen LogP contribution in [0.5, 0.6) is 11.5 Å². The summed E-state index contributed by atoms with van der Waals surface area (Å²) in [4.78, 5) is 68.2. The Kier molecular flexibility index (Phi) is 10.4. The van der Waals surface area contributed by atoms with Gasteiger partial charge in [0.2, 0.25) is 23.6 Å². The van der Waals surface area contributed by atoms with Crippen LogP contribution >= 0.6 is 0 Å². The third-order valence-electron chi connectivity index (χ3n) is 8.97. The average Bonchev–Trinajstić information content (AvgIpc) is 3.02. The molecule has 1 aliphatic carbocycles. The van der Waals surface area contributed by atoms with Crippen LogP contribution in [0.15, 0.2) is 54.6 Å². The Bertz CT molecular complexity index is 1400. The number of carbonyl (C=O) groups excluding carboxylic acids is 5. The molecule has 0 aromatic heterocycles. The smallest absolute Gasteiger partial charge is 0.264 e. The van der Waals surface area contributed by atoms with Crippen LogP contribution in [-0.4, -0.2) is 84.4 Å². The Morgan fingerprint density at radius 2 is 1.48 bits per heavy atom. The van der Waals surface area contributed by atoms with E-state index in [-0.39, 0.29) is 44.2 Å². The molecule has 1 saturated carbocycles. The summed E-state index contributed by atoms with van der Waals surface area (Å²) < 4.78 is 12.2. The molecular weight excluding hydrogens is 590 g/mol. The van der Waals surface area contributed by atoms with Gasteiger partial charge in [0, 0.05) is 38.3 Å². The maximum absolute atomic E-state index is 14.0. The number of amides is 5. The highest BCUT2D eigenvalue weighted by Gasteiger charge is 2.46. The van der Waals surface area contributed by atoms with Crippen molar-refractivity contribution in [2.75, 3.05) is 26.2 Å². The zero-order chi connectivity index (χ0) is 32.7. The van der Waals surface area contributed by atoms with Crippen molar-refractivity contribution in [2.24, 2.45) is 5.92 Å². The fraction of sp³-hybridized carbons (Fsp3) is 0.500. The van der Waals surface area contributed by atoms with Gasteiger partial charge in [-0.25, -0.2) is 0 Å². The van der Waals surface area contributed by atoms with E-state index >= 15 is 0 Å². The number of ether oxygens (including phenoxy) is 2. The lowest BCUT2D eigenvalue weighted by atomic mass is 9.83. The van der Waals surface area contributed by atoms with E-state index in [1.54, 1.807) is 38.1 Å². The Balaban J connectivity index is 1.37. The van der Waals surface area contributed by atoms with Crippen molar-refractivity contribution in [3.8, 4) is 11.5 Å². The second-order valence-electron chi connectivity index (χ2n) is 12.3. The van der Waals surface area contributed by atoms with Crippen molar-refractivity contribution in [1.29, 1.82) is 0 Å². The van der Waals surface area contributed by atoms with Gasteiger partial charge in [-0.15, -0.1) is 0 Å². The molecule has 46 heavy (non-hydrogen) atoms. The summed E-state index contributed by atoms with van der Waals surface area (Å²) >= 11 is 0. The molecule has 2 aromatic rings. The molecule has 1 saturated heterocycles. The van der Waals surface area contributed by atoms with E-state index in [4.69, 9.17) is 9.47 Å². The van der Waals surface area contributed by atoms with Crippen molar-refractivity contribution >= 4 is 29.5 Å². The first kappa shape index (κ1) is 32.8. The fourth-order valence-corrected chi connectivity index (χ4v) is 5.83. The lowest BCUT2D eigenvalue weighted by Gasteiger charge is -2.42. The molecule has 3 heterocycles. The summed E-state index contributed by atoms with van der Waals surface area (Å²) in [5.41, 5.74) is -0.515. The fourth-order valence-electron chi connectivity index (χ4n) is 5.83. The van der Waals surface area contributed by atoms with Gasteiger partial charge in [0.15, 0.2) is 5.60 Å². The molecule has 2 fully saturated rings. The first-order valence-corrected chi connectivity index (χ1v) is 16.1. The van der Waals surface area contributed by atoms with Gasteiger partial charge in [0.25, 0.3) is 5.91 Å². The van der Waals surface area contributed by atoms with Crippen LogP contribution in [0.25, 0.3) is 0 Å². The Morgan fingerprint density at radius 3 is 2.13 bits per heavy atom. The first-order valence-electron chi connectivity index (χ1n) is 16.1. The van der Waals surface area contributed by atoms with Crippen molar-refractivity contribution in [3.63, 3.8) is 0 Å². The lowest BCUT2D eigenvalue weighted by Crippen LogP contribution is -2.62. The number of carbonyl (C=O) groups is 5. The van der Waals surface area contributed by atoms with E-state index < -0.39 is 47.4 Å². The third kappa shape index (κ3) is 7.96. The van der Waals surface area contributed by atoms with E-state index in [0.29, 0.717) is 24.6 Å². The van der Waals surface area contributed by atoms with Gasteiger partial charge in [0.05, 0.1) is 6.54 Å². The van der Waals surface area contributed by atoms with Gasteiger partial charge < -0.3 is 35.6 Å². The number of nitrogens with one attached hydrogen (secondary N) is 4. The summed E-state index contributed by atoms with van der Waals surface area (Å²) in [7, 11) is 0. The number of hydrogen-bond donors (Lipinski definition) is 4. The average molecular weight is 634 g/mol. The molecule has 0 radical (unpaired) electrons. The molecule has 5 amide bonds. The van der Waals surface area contributed by atoms with Gasteiger partial charge >= 0.3 is 0 Å². The highest BCUT2D eigenvalue weighted by molar-refractivity contribution is 5.95. The monoisotopic (exact) mass is 633 g/mol. The third-order valence-corrected chi connectivity index (χ3v) is 8.97. The van der Waals surface area contributed by atoms with Crippen molar-refractivity contribution in [3.05, 3.63) is 60.2 Å². The Labute approximate surface area is 268 Å². The second kappa shape index (κ2) is 14.7. The zero-order valence-corrected chi connectivity index (χ0v) is 26.4. The quantitative estimate of drug-likeness (QED) is 0.373. The molecule has 2 aromatic carbocycles. The Hall–Kier alpha value is -4.61. The van der Waals surface area contributed by atoms with Crippen LogP contribution in [0, 0.1) is 5.92 Å². The van der Waals surface area contributed by atoms with E-state index in [1.165, 1.54) is 0 Å². The van der Waals surface area contributed by atoms with Crippen LogP contribution in [-0.2, 0) is 30.4 Å². The molecule has 6 rings (SSSR count). The van der Waals surface area contributed by atoms with Crippen LogP contribution in [0.1, 0.15) is 51.5 Å². The molecule has 4 N–H and O–H groups in total. The minimum absolute atomic E-state index is 0.0520. The van der Waals surface area contributed by atoms with Crippen molar-refractivity contribution in [1.82, 2.24) is 26.2 Å². The largest absolute Gasteiger partial charge is 0.492 e.